The maximum Gasteiger partial charge on any atom is 0.270 e. The molecular weight excluding hydrogens is 316 g/mol. The number of non-ortho nitro benzene ring substituents is 1. The number of nitrogens with zero attached hydrogens (tertiary/aromatic N) is 2. The largest absolute Gasteiger partial charge is 0.352 e. The van der Waals surface area contributed by atoms with Gasteiger partial charge in [-0.25, -0.2) is 0 Å². The molecule has 0 atom stereocenters. The van der Waals surface area contributed by atoms with Crippen LogP contribution in [0.1, 0.15) is 24.2 Å². The molecule has 3 amide bonds. The van der Waals surface area contributed by atoms with Crippen molar-refractivity contribution < 1.29 is 19.3 Å². The van der Waals surface area contributed by atoms with Gasteiger partial charge in [-0.3, -0.25) is 24.5 Å². The SMILES string of the molecule is CC(C)NC(=O)CN(C)C(=O)CNC(=O)c1cccc([N+](=O)[O-])c1. The van der Waals surface area contributed by atoms with Gasteiger partial charge in [0.2, 0.25) is 11.8 Å². The summed E-state index contributed by atoms with van der Waals surface area (Å²) < 4.78 is 0. The van der Waals surface area contributed by atoms with E-state index in [1.165, 1.54) is 30.1 Å². The molecule has 0 aliphatic rings. The van der Waals surface area contributed by atoms with Crippen LogP contribution < -0.4 is 10.6 Å². The Morgan fingerprint density at radius 2 is 1.96 bits per heavy atom. The summed E-state index contributed by atoms with van der Waals surface area (Å²) in [7, 11) is 1.45. The number of hydrogen-bond acceptors (Lipinski definition) is 5. The summed E-state index contributed by atoms with van der Waals surface area (Å²) in [6.07, 6.45) is 0. The van der Waals surface area contributed by atoms with Crippen LogP contribution in [-0.4, -0.2) is 53.7 Å². The van der Waals surface area contributed by atoms with E-state index in [2.05, 4.69) is 10.6 Å². The van der Waals surface area contributed by atoms with Crippen molar-refractivity contribution in [3.63, 3.8) is 0 Å². The summed E-state index contributed by atoms with van der Waals surface area (Å²) in [6.45, 7) is 3.18. The van der Waals surface area contributed by atoms with E-state index in [1.54, 1.807) is 13.8 Å². The first-order valence-corrected chi connectivity index (χ1v) is 7.26. The van der Waals surface area contributed by atoms with Crippen molar-refractivity contribution in [1.82, 2.24) is 15.5 Å². The molecule has 9 heteroatoms. The van der Waals surface area contributed by atoms with Crippen LogP contribution in [0.15, 0.2) is 24.3 Å². The molecule has 2 N–H and O–H groups in total. The lowest BCUT2D eigenvalue weighted by Gasteiger charge is -2.18. The minimum Gasteiger partial charge on any atom is -0.352 e. The van der Waals surface area contributed by atoms with Crippen molar-refractivity contribution in [3.8, 4) is 0 Å². The summed E-state index contributed by atoms with van der Waals surface area (Å²) in [5.41, 5.74) is -0.131. The van der Waals surface area contributed by atoms with E-state index in [1.807, 2.05) is 0 Å². The van der Waals surface area contributed by atoms with Crippen LogP contribution in [0.3, 0.4) is 0 Å². The van der Waals surface area contributed by atoms with Gasteiger partial charge in [0.25, 0.3) is 11.6 Å². The maximum atomic E-state index is 11.9. The van der Waals surface area contributed by atoms with E-state index in [4.69, 9.17) is 0 Å². The van der Waals surface area contributed by atoms with Crippen molar-refractivity contribution >= 4 is 23.4 Å². The topological polar surface area (TPSA) is 122 Å². The minimum atomic E-state index is -0.608. The number of carbonyl (C=O) groups is 3. The molecule has 1 aromatic rings. The van der Waals surface area contributed by atoms with E-state index < -0.39 is 16.7 Å². The van der Waals surface area contributed by atoms with E-state index in [0.717, 1.165) is 6.07 Å². The van der Waals surface area contributed by atoms with Crippen molar-refractivity contribution in [3.05, 3.63) is 39.9 Å². The molecule has 9 nitrogen and oxygen atoms in total. The third-order valence-corrected chi connectivity index (χ3v) is 2.98. The average molecular weight is 336 g/mol. The summed E-state index contributed by atoms with van der Waals surface area (Å²) in [5.74, 6) is -1.36. The molecule has 0 unspecified atom stereocenters. The van der Waals surface area contributed by atoms with Crippen LogP contribution in [0.25, 0.3) is 0 Å². The molecule has 0 heterocycles. The summed E-state index contributed by atoms with van der Waals surface area (Å²) >= 11 is 0. The lowest BCUT2D eigenvalue weighted by Crippen LogP contribution is -2.44. The van der Waals surface area contributed by atoms with E-state index >= 15 is 0 Å². The van der Waals surface area contributed by atoms with Crippen molar-refractivity contribution in [2.45, 2.75) is 19.9 Å². The zero-order valence-electron chi connectivity index (χ0n) is 13.7. The van der Waals surface area contributed by atoms with Gasteiger partial charge in [-0.05, 0) is 19.9 Å². The van der Waals surface area contributed by atoms with Crippen LogP contribution in [-0.2, 0) is 9.59 Å². The Hall–Kier alpha value is -2.97. The van der Waals surface area contributed by atoms with Gasteiger partial charge in [-0.15, -0.1) is 0 Å². The van der Waals surface area contributed by atoms with E-state index in [-0.39, 0.29) is 36.3 Å². The Morgan fingerprint density at radius 3 is 2.54 bits per heavy atom. The number of hydrogen-bond donors (Lipinski definition) is 2. The van der Waals surface area contributed by atoms with Gasteiger partial charge >= 0.3 is 0 Å². The van der Waals surface area contributed by atoms with Crippen molar-refractivity contribution in [2.24, 2.45) is 0 Å². The number of amides is 3. The monoisotopic (exact) mass is 336 g/mol. The molecule has 0 saturated carbocycles. The Bertz CT molecular complexity index is 645. The predicted molar refractivity (Wildman–Crippen MR) is 86.3 cm³/mol. The third kappa shape index (κ3) is 6.03. The summed E-state index contributed by atoms with van der Waals surface area (Å²) in [4.78, 5) is 46.7. The molecule has 0 bridgehead atoms. The maximum absolute atomic E-state index is 11.9. The zero-order valence-corrected chi connectivity index (χ0v) is 13.7. The Kier molecular flexibility index (Phi) is 6.84. The first-order valence-electron chi connectivity index (χ1n) is 7.26. The van der Waals surface area contributed by atoms with Gasteiger partial charge < -0.3 is 15.5 Å². The first-order chi connectivity index (χ1) is 11.2. The lowest BCUT2D eigenvalue weighted by atomic mass is 10.2. The fraction of sp³-hybridized carbons (Fsp3) is 0.400. The quantitative estimate of drug-likeness (QED) is 0.548. The first kappa shape index (κ1) is 19.1. The molecule has 0 fully saturated rings. The van der Waals surface area contributed by atoms with Crippen LogP contribution >= 0.6 is 0 Å². The number of rotatable bonds is 7. The minimum absolute atomic E-state index is 0.0328. The Balaban J connectivity index is 2.54. The van der Waals surface area contributed by atoms with Crippen LogP contribution in [0.2, 0.25) is 0 Å². The number of nitro benzene ring substituents is 1. The normalized spacial score (nSPS) is 10.2. The van der Waals surface area contributed by atoms with Gasteiger partial charge in [0.15, 0.2) is 0 Å². The zero-order chi connectivity index (χ0) is 18.3. The number of carbonyl (C=O) groups excluding carboxylic acids is 3. The standard InChI is InChI=1S/C15H20N4O5/c1-10(2)17-13(20)9-18(3)14(21)8-16-15(22)11-5-4-6-12(7-11)19(23)24/h4-7,10H,8-9H2,1-3H3,(H,16,22)(H,17,20). The summed E-state index contributed by atoms with van der Waals surface area (Å²) in [5, 5.41) is 15.7. The second-order valence-electron chi connectivity index (χ2n) is 5.46. The fourth-order valence-electron chi connectivity index (χ4n) is 1.82. The van der Waals surface area contributed by atoms with E-state index in [0.29, 0.717) is 0 Å². The van der Waals surface area contributed by atoms with Gasteiger partial charge in [0.05, 0.1) is 18.0 Å². The number of nitro groups is 1. The molecule has 0 saturated heterocycles. The molecule has 0 aliphatic heterocycles. The fourth-order valence-corrected chi connectivity index (χ4v) is 1.82. The van der Waals surface area contributed by atoms with Gasteiger partial charge in [0, 0.05) is 30.8 Å². The average Bonchev–Trinajstić information content (AvgIpc) is 2.51. The highest BCUT2D eigenvalue weighted by atomic mass is 16.6. The summed E-state index contributed by atoms with van der Waals surface area (Å²) in [6, 6.07) is 5.15. The van der Waals surface area contributed by atoms with Gasteiger partial charge in [0.1, 0.15) is 0 Å². The van der Waals surface area contributed by atoms with Gasteiger partial charge in [-0.1, -0.05) is 6.07 Å². The molecule has 1 rings (SSSR count). The number of benzene rings is 1. The molecule has 24 heavy (non-hydrogen) atoms. The van der Waals surface area contributed by atoms with Crippen LogP contribution in [0, 0.1) is 10.1 Å². The Morgan fingerprint density at radius 1 is 1.29 bits per heavy atom. The molecule has 130 valence electrons. The van der Waals surface area contributed by atoms with Gasteiger partial charge in [-0.2, -0.15) is 0 Å². The van der Waals surface area contributed by atoms with E-state index in [9.17, 15) is 24.5 Å². The second kappa shape index (κ2) is 8.61. The molecule has 1 aromatic carbocycles. The number of nitrogens with one attached hydrogen (secondary N) is 2. The van der Waals surface area contributed by atoms with Crippen molar-refractivity contribution in [1.29, 1.82) is 0 Å². The third-order valence-electron chi connectivity index (χ3n) is 2.98. The molecule has 0 aliphatic carbocycles. The smallest absolute Gasteiger partial charge is 0.270 e. The predicted octanol–water partition coefficient (Wildman–Crippen LogP) is 0.308. The van der Waals surface area contributed by atoms with Crippen LogP contribution in [0.5, 0.6) is 0 Å². The second-order valence-corrected chi connectivity index (χ2v) is 5.46. The highest BCUT2D eigenvalue weighted by Gasteiger charge is 2.16. The van der Waals surface area contributed by atoms with Crippen molar-refractivity contribution in [2.75, 3.05) is 20.1 Å². The molecule has 0 aromatic heterocycles. The molecular formula is C15H20N4O5. The number of likely N-dealkylation sites (N-methyl/N-ethyl adjacent to an activating group) is 1. The highest BCUT2D eigenvalue weighted by Crippen LogP contribution is 2.12. The Labute approximate surface area is 139 Å². The highest BCUT2D eigenvalue weighted by molar-refractivity contribution is 5.97. The van der Waals surface area contributed by atoms with Crippen LogP contribution in [0.4, 0.5) is 5.69 Å². The lowest BCUT2D eigenvalue weighted by molar-refractivity contribution is -0.384. The molecule has 0 radical (unpaired) electrons. The molecule has 0 spiro atoms.